The van der Waals surface area contributed by atoms with E-state index in [1.54, 1.807) is 31.2 Å². The molecule has 160 valence electrons. The van der Waals surface area contributed by atoms with E-state index in [0.717, 1.165) is 5.56 Å². The molecule has 1 N–H and O–H groups in total. The summed E-state index contributed by atoms with van der Waals surface area (Å²) in [5.74, 6) is 0.746. The minimum Gasteiger partial charge on any atom is -0.482 e. The van der Waals surface area contributed by atoms with Crippen LogP contribution >= 0.6 is 0 Å². The van der Waals surface area contributed by atoms with Crippen LogP contribution in [0.4, 0.5) is 14.5 Å². The summed E-state index contributed by atoms with van der Waals surface area (Å²) in [4.78, 5) is 12.9. The number of ether oxygens (including phenoxy) is 3. The van der Waals surface area contributed by atoms with Gasteiger partial charge >= 0.3 is 6.61 Å². The van der Waals surface area contributed by atoms with E-state index in [4.69, 9.17) is 9.47 Å². The Balaban J connectivity index is 1.54. The van der Waals surface area contributed by atoms with Gasteiger partial charge in [0, 0.05) is 17.7 Å². The van der Waals surface area contributed by atoms with Crippen molar-refractivity contribution in [2.45, 2.75) is 32.2 Å². The Hall–Kier alpha value is -3.61. The third-order valence-corrected chi connectivity index (χ3v) is 4.88. The first kappa shape index (κ1) is 20.7. The summed E-state index contributed by atoms with van der Waals surface area (Å²) >= 11 is 0. The van der Waals surface area contributed by atoms with Gasteiger partial charge in [-0.2, -0.15) is 8.78 Å². The van der Waals surface area contributed by atoms with Gasteiger partial charge in [-0.25, -0.2) is 0 Å². The number of rotatable bonds is 6. The maximum atomic E-state index is 12.9. The van der Waals surface area contributed by atoms with E-state index < -0.39 is 24.7 Å². The van der Waals surface area contributed by atoms with E-state index in [9.17, 15) is 13.6 Å². The number of alkyl halides is 2. The van der Waals surface area contributed by atoms with Crippen molar-refractivity contribution in [3.05, 3.63) is 83.9 Å². The highest BCUT2D eigenvalue weighted by atomic mass is 19.3. The van der Waals surface area contributed by atoms with Crippen LogP contribution in [0, 0.1) is 0 Å². The number of anilines is 1. The predicted molar refractivity (Wildman–Crippen MR) is 112 cm³/mol. The zero-order valence-corrected chi connectivity index (χ0v) is 16.8. The summed E-state index contributed by atoms with van der Waals surface area (Å²) in [5, 5.41) is 2.79. The molecule has 1 aliphatic heterocycles. The van der Waals surface area contributed by atoms with Gasteiger partial charge in [-0.05, 0) is 42.8 Å². The summed E-state index contributed by atoms with van der Waals surface area (Å²) in [6, 6.07) is 21.1. The number of carbonyl (C=O) groups excluding carboxylic acids is 1. The normalized spacial score (nSPS) is 17.3. The number of hydrogen-bond acceptors (Lipinski definition) is 4. The Morgan fingerprint density at radius 1 is 1.00 bits per heavy atom. The lowest BCUT2D eigenvalue weighted by Gasteiger charge is -2.31. The molecule has 1 amide bonds. The molecule has 0 radical (unpaired) electrons. The first-order valence-corrected chi connectivity index (χ1v) is 9.84. The van der Waals surface area contributed by atoms with Gasteiger partial charge < -0.3 is 19.5 Å². The van der Waals surface area contributed by atoms with Gasteiger partial charge in [-0.1, -0.05) is 42.5 Å². The van der Waals surface area contributed by atoms with Gasteiger partial charge in [0.05, 0.1) is 0 Å². The van der Waals surface area contributed by atoms with Gasteiger partial charge in [0.15, 0.2) is 11.5 Å². The van der Waals surface area contributed by atoms with Crippen LogP contribution in [0.5, 0.6) is 17.2 Å². The van der Waals surface area contributed by atoms with Crippen molar-refractivity contribution in [2.24, 2.45) is 0 Å². The van der Waals surface area contributed by atoms with Crippen molar-refractivity contribution in [2.75, 3.05) is 5.32 Å². The molecule has 1 aliphatic rings. The molecule has 0 fully saturated rings. The smallest absolute Gasteiger partial charge is 0.387 e. The van der Waals surface area contributed by atoms with Crippen LogP contribution in [-0.2, 0) is 11.2 Å². The maximum absolute atomic E-state index is 12.9. The molecule has 4 rings (SSSR count). The van der Waals surface area contributed by atoms with Crippen molar-refractivity contribution >= 4 is 11.6 Å². The second kappa shape index (κ2) is 9.04. The minimum atomic E-state index is -2.94. The largest absolute Gasteiger partial charge is 0.482 e. The van der Waals surface area contributed by atoms with E-state index in [-0.39, 0.29) is 5.75 Å². The zero-order chi connectivity index (χ0) is 21.8. The molecule has 3 aromatic rings. The summed E-state index contributed by atoms with van der Waals surface area (Å²) in [6.45, 7) is -1.19. The molecule has 0 aliphatic carbocycles. The number of benzene rings is 3. The van der Waals surface area contributed by atoms with Crippen LogP contribution < -0.4 is 19.5 Å². The molecule has 1 heterocycles. The molecule has 2 unspecified atom stereocenters. The summed E-state index contributed by atoms with van der Waals surface area (Å²) in [7, 11) is 0. The molecular weight excluding hydrogens is 404 g/mol. The average molecular weight is 425 g/mol. The number of carbonyl (C=O) groups is 1. The van der Waals surface area contributed by atoms with Crippen LogP contribution in [0.1, 0.15) is 18.1 Å². The Morgan fingerprint density at radius 2 is 1.68 bits per heavy atom. The average Bonchev–Trinajstić information content (AvgIpc) is 2.75. The van der Waals surface area contributed by atoms with Crippen LogP contribution in [0.3, 0.4) is 0 Å². The summed E-state index contributed by atoms with van der Waals surface area (Å²) < 4.78 is 41.9. The Labute approximate surface area is 178 Å². The molecule has 0 spiro atoms. The molecule has 0 saturated heterocycles. The quantitative estimate of drug-likeness (QED) is 0.601. The Kier molecular flexibility index (Phi) is 6.02. The molecule has 7 heteroatoms. The van der Waals surface area contributed by atoms with Gasteiger partial charge in [-0.3, -0.25) is 4.79 Å². The fourth-order valence-corrected chi connectivity index (χ4v) is 3.44. The molecule has 0 bridgehead atoms. The second-order valence-corrected chi connectivity index (χ2v) is 7.16. The van der Waals surface area contributed by atoms with Gasteiger partial charge in [-0.15, -0.1) is 0 Å². The van der Waals surface area contributed by atoms with E-state index in [2.05, 4.69) is 10.1 Å². The van der Waals surface area contributed by atoms with E-state index in [0.29, 0.717) is 29.2 Å². The fourth-order valence-electron chi connectivity index (χ4n) is 3.44. The molecule has 0 saturated carbocycles. The lowest BCUT2D eigenvalue weighted by atomic mass is 10.0. The van der Waals surface area contributed by atoms with Crippen LogP contribution in [-0.4, -0.2) is 24.7 Å². The second-order valence-electron chi connectivity index (χ2n) is 7.16. The topological polar surface area (TPSA) is 56.8 Å². The highest BCUT2D eigenvalue weighted by Gasteiger charge is 2.34. The first-order valence-electron chi connectivity index (χ1n) is 9.84. The SMILES string of the molecule is CC1Oc2ccccc2OC1C(=O)Nc1ccc(OC(F)F)c(Cc2ccccc2)c1. The van der Waals surface area contributed by atoms with Crippen LogP contribution in [0.2, 0.25) is 0 Å². The number of fused-ring (bicyclic) bond motifs is 1. The van der Waals surface area contributed by atoms with Crippen molar-refractivity contribution in [3.63, 3.8) is 0 Å². The van der Waals surface area contributed by atoms with E-state index >= 15 is 0 Å². The number of halogens is 2. The standard InChI is InChI=1S/C24H21F2NO4/c1-15-22(30-21-10-6-5-9-20(21)29-15)23(28)27-18-11-12-19(31-24(25)26)17(14-18)13-16-7-3-2-4-8-16/h2-12,14-15,22,24H,13H2,1H3,(H,27,28). The lowest BCUT2D eigenvalue weighted by Crippen LogP contribution is -2.46. The van der Waals surface area contributed by atoms with Gasteiger partial charge in [0.1, 0.15) is 11.9 Å². The minimum absolute atomic E-state index is 0.0661. The maximum Gasteiger partial charge on any atom is 0.387 e. The van der Waals surface area contributed by atoms with Crippen molar-refractivity contribution in [3.8, 4) is 17.2 Å². The summed E-state index contributed by atoms with van der Waals surface area (Å²) in [6.07, 6.45) is -0.982. The van der Waals surface area contributed by atoms with Crippen molar-refractivity contribution in [1.82, 2.24) is 0 Å². The molecule has 0 aromatic heterocycles. The van der Waals surface area contributed by atoms with E-state index in [1.165, 1.54) is 12.1 Å². The third-order valence-electron chi connectivity index (χ3n) is 4.88. The van der Waals surface area contributed by atoms with Gasteiger partial charge in [0.2, 0.25) is 6.10 Å². The number of amides is 1. The van der Waals surface area contributed by atoms with Crippen LogP contribution in [0.25, 0.3) is 0 Å². The van der Waals surface area contributed by atoms with E-state index in [1.807, 2.05) is 36.4 Å². The lowest BCUT2D eigenvalue weighted by molar-refractivity contribution is -0.128. The van der Waals surface area contributed by atoms with Crippen LogP contribution in [0.15, 0.2) is 72.8 Å². The first-order chi connectivity index (χ1) is 15.0. The van der Waals surface area contributed by atoms with Gasteiger partial charge in [0.25, 0.3) is 5.91 Å². The fraction of sp³-hybridized carbons (Fsp3) is 0.208. The third kappa shape index (κ3) is 4.94. The highest BCUT2D eigenvalue weighted by molar-refractivity contribution is 5.95. The molecule has 31 heavy (non-hydrogen) atoms. The Morgan fingerprint density at radius 3 is 2.39 bits per heavy atom. The predicted octanol–water partition coefficient (Wildman–Crippen LogP) is 5.05. The van der Waals surface area contributed by atoms with Crippen molar-refractivity contribution < 1.29 is 27.8 Å². The molecule has 2 atom stereocenters. The number of para-hydroxylation sites is 2. The number of nitrogens with one attached hydrogen (secondary N) is 1. The summed E-state index contributed by atoms with van der Waals surface area (Å²) in [5.41, 5.74) is 1.91. The Bertz CT molecular complexity index is 1060. The monoisotopic (exact) mass is 425 g/mol. The highest BCUT2D eigenvalue weighted by Crippen LogP contribution is 2.34. The molecule has 5 nitrogen and oxygen atoms in total. The molecule has 3 aromatic carbocycles. The molecular formula is C24H21F2NO4. The number of hydrogen-bond donors (Lipinski definition) is 1. The zero-order valence-electron chi connectivity index (χ0n) is 16.8. The van der Waals surface area contributed by atoms with Crippen molar-refractivity contribution in [1.29, 1.82) is 0 Å².